The van der Waals surface area contributed by atoms with Crippen LogP contribution in [0.1, 0.15) is 12.0 Å². The van der Waals surface area contributed by atoms with Gasteiger partial charge in [-0.3, -0.25) is 0 Å². The highest BCUT2D eigenvalue weighted by Gasteiger charge is 2.34. The van der Waals surface area contributed by atoms with Gasteiger partial charge in [-0.2, -0.15) is 0 Å². The van der Waals surface area contributed by atoms with Gasteiger partial charge >= 0.3 is 0 Å². The minimum absolute atomic E-state index is 0.0309. The molecule has 4 heteroatoms. The van der Waals surface area contributed by atoms with Crippen LogP contribution in [0.3, 0.4) is 0 Å². The van der Waals surface area contributed by atoms with Crippen molar-refractivity contribution in [1.82, 2.24) is 0 Å². The van der Waals surface area contributed by atoms with Crippen LogP contribution < -0.4 is 10.6 Å². The number of aliphatic hydroxyl groups is 1. The van der Waals surface area contributed by atoms with E-state index in [4.69, 9.17) is 17.3 Å². The lowest BCUT2D eigenvalue weighted by Crippen LogP contribution is -2.46. The zero-order valence-electron chi connectivity index (χ0n) is 9.41. The Morgan fingerprint density at radius 3 is 2.94 bits per heavy atom. The molecule has 1 fully saturated rings. The second kappa shape index (κ2) is 4.24. The highest BCUT2D eigenvalue weighted by atomic mass is 35.5. The molecule has 0 bridgehead atoms. The molecule has 1 atom stereocenters. The van der Waals surface area contributed by atoms with Gasteiger partial charge in [0.25, 0.3) is 0 Å². The van der Waals surface area contributed by atoms with Crippen LogP contribution in [-0.4, -0.2) is 30.3 Å². The summed E-state index contributed by atoms with van der Waals surface area (Å²) in [4.78, 5) is 2.19. The largest absolute Gasteiger partial charge is 0.394 e. The number of nitrogens with zero attached hydrogens (tertiary/aromatic N) is 1. The van der Waals surface area contributed by atoms with Gasteiger partial charge in [-0.25, -0.2) is 0 Å². The lowest BCUT2D eigenvalue weighted by atomic mass is 10.0. The lowest BCUT2D eigenvalue weighted by Gasteiger charge is -2.24. The van der Waals surface area contributed by atoms with Gasteiger partial charge in [-0.05, 0) is 31.0 Å². The first-order valence-corrected chi connectivity index (χ1v) is 5.83. The highest BCUT2D eigenvalue weighted by molar-refractivity contribution is 6.31. The molecule has 1 unspecified atom stereocenters. The molecule has 1 heterocycles. The lowest BCUT2D eigenvalue weighted by molar-refractivity contribution is 0.210. The molecular formula is C12H17ClN2O. The average Bonchev–Trinajstić information content (AvgIpc) is 2.66. The molecule has 1 aliphatic rings. The fourth-order valence-electron chi connectivity index (χ4n) is 2.17. The summed E-state index contributed by atoms with van der Waals surface area (Å²) in [6.45, 7) is 3.60. The van der Waals surface area contributed by atoms with Crippen LogP contribution in [0.2, 0.25) is 5.02 Å². The van der Waals surface area contributed by atoms with Gasteiger partial charge in [0, 0.05) is 23.8 Å². The van der Waals surface area contributed by atoms with E-state index in [0.717, 1.165) is 29.2 Å². The molecule has 2 rings (SSSR count). The maximum atomic E-state index is 9.24. The highest BCUT2D eigenvalue weighted by Crippen LogP contribution is 2.31. The number of rotatable bonds is 2. The minimum Gasteiger partial charge on any atom is -0.394 e. The van der Waals surface area contributed by atoms with E-state index in [9.17, 15) is 5.11 Å². The molecule has 3 N–H and O–H groups in total. The summed E-state index contributed by atoms with van der Waals surface area (Å²) < 4.78 is 0. The average molecular weight is 241 g/mol. The van der Waals surface area contributed by atoms with Crippen molar-refractivity contribution in [1.29, 1.82) is 0 Å². The maximum absolute atomic E-state index is 9.24. The minimum atomic E-state index is -0.464. The number of anilines is 1. The van der Waals surface area contributed by atoms with Gasteiger partial charge in [0.05, 0.1) is 12.1 Å². The molecule has 16 heavy (non-hydrogen) atoms. The summed E-state index contributed by atoms with van der Waals surface area (Å²) in [5.41, 5.74) is 7.78. The topological polar surface area (TPSA) is 49.5 Å². The van der Waals surface area contributed by atoms with Gasteiger partial charge in [0.2, 0.25) is 0 Å². The van der Waals surface area contributed by atoms with E-state index in [0.29, 0.717) is 6.54 Å². The molecule has 0 saturated carbocycles. The Morgan fingerprint density at radius 2 is 2.31 bits per heavy atom. The van der Waals surface area contributed by atoms with Crippen LogP contribution >= 0.6 is 11.6 Å². The first kappa shape index (κ1) is 11.7. The van der Waals surface area contributed by atoms with E-state index >= 15 is 0 Å². The monoisotopic (exact) mass is 240 g/mol. The van der Waals surface area contributed by atoms with E-state index in [1.54, 1.807) is 0 Å². The molecule has 0 aromatic heterocycles. The Morgan fingerprint density at radius 1 is 1.56 bits per heavy atom. The molecule has 88 valence electrons. The van der Waals surface area contributed by atoms with Gasteiger partial charge in [0.15, 0.2) is 0 Å². The summed E-state index contributed by atoms with van der Waals surface area (Å²) in [7, 11) is 0. The Labute approximate surface area is 101 Å². The van der Waals surface area contributed by atoms with Crippen molar-refractivity contribution in [3.8, 4) is 0 Å². The van der Waals surface area contributed by atoms with Gasteiger partial charge in [-0.1, -0.05) is 17.7 Å². The predicted octanol–water partition coefficient (Wildman–Crippen LogP) is 1.55. The smallest absolute Gasteiger partial charge is 0.0629 e. The Bertz CT molecular complexity index is 397. The molecule has 0 amide bonds. The molecule has 0 spiro atoms. The molecule has 0 aliphatic carbocycles. The molecule has 1 saturated heterocycles. The van der Waals surface area contributed by atoms with Crippen molar-refractivity contribution in [3.05, 3.63) is 28.8 Å². The summed E-state index contributed by atoms with van der Waals surface area (Å²) in [5.74, 6) is 0. The van der Waals surface area contributed by atoms with Crippen LogP contribution in [0.4, 0.5) is 5.69 Å². The van der Waals surface area contributed by atoms with Crippen molar-refractivity contribution in [2.75, 3.05) is 24.6 Å². The number of aliphatic hydroxyl groups excluding tert-OH is 1. The first-order chi connectivity index (χ1) is 7.56. The van der Waals surface area contributed by atoms with Crippen LogP contribution in [-0.2, 0) is 0 Å². The Kier molecular flexibility index (Phi) is 3.10. The predicted molar refractivity (Wildman–Crippen MR) is 67.0 cm³/mol. The molecule has 1 aromatic rings. The SMILES string of the molecule is Cc1c(Cl)cccc1N1CCC(N)(CO)C1. The van der Waals surface area contributed by atoms with E-state index in [1.807, 2.05) is 25.1 Å². The second-order valence-electron chi connectivity index (χ2n) is 4.58. The zero-order valence-corrected chi connectivity index (χ0v) is 10.2. The maximum Gasteiger partial charge on any atom is 0.0629 e. The van der Waals surface area contributed by atoms with Crippen molar-refractivity contribution in [2.24, 2.45) is 5.73 Å². The summed E-state index contributed by atoms with van der Waals surface area (Å²) in [6, 6.07) is 5.88. The molecule has 3 nitrogen and oxygen atoms in total. The first-order valence-electron chi connectivity index (χ1n) is 5.45. The summed E-state index contributed by atoms with van der Waals surface area (Å²) >= 11 is 6.09. The van der Waals surface area contributed by atoms with E-state index in [-0.39, 0.29) is 6.61 Å². The van der Waals surface area contributed by atoms with Crippen LogP contribution in [0, 0.1) is 6.92 Å². The van der Waals surface area contributed by atoms with Crippen molar-refractivity contribution < 1.29 is 5.11 Å². The Hall–Kier alpha value is -0.770. The number of benzene rings is 1. The van der Waals surface area contributed by atoms with Crippen molar-refractivity contribution >= 4 is 17.3 Å². The summed E-state index contributed by atoms with van der Waals surface area (Å²) in [5, 5.41) is 10.0. The van der Waals surface area contributed by atoms with E-state index in [2.05, 4.69) is 4.90 Å². The third-order valence-electron chi connectivity index (χ3n) is 3.28. The number of hydrogen-bond donors (Lipinski definition) is 2. The number of nitrogens with two attached hydrogens (primary N) is 1. The van der Waals surface area contributed by atoms with Crippen molar-refractivity contribution in [3.63, 3.8) is 0 Å². The van der Waals surface area contributed by atoms with Gasteiger partial charge in [0.1, 0.15) is 0 Å². The van der Waals surface area contributed by atoms with Gasteiger partial charge in [-0.15, -0.1) is 0 Å². The second-order valence-corrected chi connectivity index (χ2v) is 4.98. The fraction of sp³-hybridized carbons (Fsp3) is 0.500. The molecule has 0 radical (unpaired) electrons. The molecule has 1 aromatic carbocycles. The quantitative estimate of drug-likeness (QED) is 0.825. The van der Waals surface area contributed by atoms with Crippen LogP contribution in [0.25, 0.3) is 0 Å². The van der Waals surface area contributed by atoms with Crippen LogP contribution in [0.5, 0.6) is 0 Å². The molecular weight excluding hydrogens is 224 g/mol. The van der Waals surface area contributed by atoms with Crippen molar-refractivity contribution in [2.45, 2.75) is 18.9 Å². The Balaban J connectivity index is 2.24. The fourth-order valence-corrected chi connectivity index (χ4v) is 2.34. The van der Waals surface area contributed by atoms with E-state index in [1.165, 1.54) is 0 Å². The zero-order chi connectivity index (χ0) is 11.8. The summed E-state index contributed by atoms with van der Waals surface area (Å²) in [6.07, 6.45) is 0.815. The number of hydrogen-bond acceptors (Lipinski definition) is 3. The number of halogens is 1. The van der Waals surface area contributed by atoms with Gasteiger partial charge < -0.3 is 15.7 Å². The third-order valence-corrected chi connectivity index (χ3v) is 3.69. The third kappa shape index (κ3) is 2.03. The van der Waals surface area contributed by atoms with Crippen LogP contribution in [0.15, 0.2) is 18.2 Å². The van der Waals surface area contributed by atoms with E-state index < -0.39 is 5.54 Å². The standard InChI is InChI=1S/C12H17ClN2O/c1-9-10(13)3-2-4-11(9)15-6-5-12(14,7-15)8-16/h2-4,16H,5-8,14H2,1H3. The normalized spacial score (nSPS) is 25.1. The molecule has 1 aliphatic heterocycles.